The molecule has 3 N–H and O–H groups in total. The number of nitrogens with one attached hydrogen (secondary N) is 3. The van der Waals surface area contributed by atoms with Gasteiger partial charge in [0.2, 0.25) is 5.91 Å². The summed E-state index contributed by atoms with van der Waals surface area (Å²) >= 11 is 0. The Labute approximate surface area is 192 Å². The summed E-state index contributed by atoms with van der Waals surface area (Å²) in [5, 5.41) is 17.3. The minimum absolute atomic E-state index is 0.158. The molecule has 3 aromatic heterocycles. The monoisotopic (exact) mass is 447 g/mol. The minimum atomic E-state index is -0.592. The van der Waals surface area contributed by atoms with Gasteiger partial charge < -0.3 is 10.6 Å². The molecule has 2 saturated carbocycles. The SMILES string of the molecule is Cc1n[nH]c(C)c1-c1ccc(NC(=O)[C@@H](NC(=O)c2ccnn2C)C(C2CC2)C2CC2)cn1. The van der Waals surface area contributed by atoms with Crippen molar-refractivity contribution in [3.05, 3.63) is 47.7 Å². The highest BCUT2D eigenvalue weighted by molar-refractivity contribution is 6.00. The molecular weight excluding hydrogens is 418 g/mol. The molecule has 2 amide bonds. The lowest BCUT2D eigenvalue weighted by Crippen LogP contribution is -2.50. The van der Waals surface area contributed by atoms with Gasteiger partial charge in [0, 0.05) is 24.5 Å². The van der Waals surface area contributed by atoms with Crippen LogP contribution in [0.15, 0.2) is 30.6 Å². The first-order valence-corrected chi connectivity index (χ1v) is 11.5. The molecule has 2 aliphatic carbocycles. The van der Waals surface area contributed by atoms with Crippen LogP contribution in [-0.2, 0) is 11.8 Å². The fourth-order valence-electron chi connectivity index (χ4n) is 4.80. The summed E-state index contributed by atoms with van der Waals surface area (Å²) in [6, 6.07) is 4.79. The van der Waals surface area contributed by atoms with Crippen LogP contribution >= 0.6 is 0 Å². The molecule has 0 saturated heterocycles. The quantitative estimate of drug-likeness (QED) is 0.491. The Morgan fingerprint density at radius 3 is 2.36 bits per heavy atom. The van der Waals surface area contributed by atoms with Gasteiger partial charge in [0.25, 0.3) is 5.91 Å². The molecule has 3 aromatic rings. The molecule has 2 fully saturated rings. The van der Waals surface area contributed by atoms with Crippen LogP contribution in [0.2, 0.25) is 0 Å². The summed E-state index contributed by atoms with van der Waals surface area (Å²) in [5.41, 5.74) is 4.64. The summed E-state index contributed by atoms with van der Waals surface area (Å²) < 4.78 is 1.52. The molecule has 2 aliphatic rings. The predicted molar refractivity (Wildman–Crippen MR) is 123 cm³/mol. The number of H-pyrrole nitrogens is 1. The molecule has 9 heteroatoms. The maximum atomic E-state index is 13.4. The van der Waals surface area contributed by atoms with Gasteiger partial charge in [-0.3, -0.25) is 24.4 Å². The first-order chi connectivity index (χ1) is 15.9. The van der Waals surface area contributed by atoms with Crippen LogP contribution in [-0.4, -0.2) is 42.8 Å². The third kappa shape index (κ3) is 4.40. The fraction of sp³-hybridized carbons (Fsp3) is 0.458. The molecule has 0 aliphatic heterocycles. The van der Waals surface area contributed by atoms with Gasteiger partial charge in [0.05, 0.1) is 23.3 Å². The molecule has 0 radical (unpaired) electrons. The van der Waals surface area contributed by atoms with Crippen LogP contribution in [0.4, 0.5) is 5.69 Å². The van der Waals surface area contributed by atoms with Crippen LogP contribution in [0.25, 0.3) is 11.3 Å². The molecule has 0 aromatic carbocycles. The highest BCUT2D eigenvalue weighted by atomic mass is 16.2. The van der Waals surface area contributed by atoms with Crippen molar-refractivity contribution in [2.45, 2.75) is 45.6 Å². The van der Waals surface area contributed by atoms with Gasteiger partial charge in [0.1, 0.15) is 11.7 Å². The third-order valence-corrected chi connectivity index (χ3v) is 6.76. The van der Waals surface area contributed by atoms with E-state index in [-0.39, 0.29) is 17.7 Å². The van der Waals surface area contributed by atoms with Crippen molar-refractivity contribution < 1.29 is 9.59 Å². The molecular formula is C24H29N7O2. The van der Waals surface area contributed by atoms with Crippen molar-refractivity contribution >= 4 is 17.5 Å². The molecule has 0 spiro atoms. The van der Waals surface area contributed by atoms with Gasteiger partial charge in [-0.2, -0.15) is 10.2 Å². The Hall–Kier alpha value is -3.49. The minimum Gasteiger partial charge on any atom is -0.339 e. The average molecular weight is 448 g/mol. The van der Waals surface area contributed by atoms with Crippen LogP contribution in [0, 0.1) is 31.6 Å². The zero-order valence-corrected chi connectivity index (χ0v) is 19.1. The topological polar surface area (TPSA) is 118 Å². The number of hydrogen-bond acceptors (Lipinski definition) is 5. The Balaban J connectivity index is 1.35. The fourth-order valence-corrected chi connectivity index (χ4v) is 4.80. The molecule has 1 atom stereocenters. The van der Waals surface area contributed by atoms with Gasteiger partial charge in [-0.15, -0.1) is 0 Å². The van der Waals surface area contributed by atoms with E-state index in [0.29, 0.717) is 23.2 Å². The summed E-state index contributed by atoms with van der Waals surface area (Å²) in [7, 11) is 1.72. The first-order valence-electron chi connectivity index (χ1n) is 11.5. The Morgan fingerprint density at radius 1 is 1.12 bits per heavy atom. The largest absolute Gasteiger partial charge is 0.339 e. The van der Waals surface area contributed by atoms with E-state index in [1.165, 1.54) is 4.68 Å². The highest BCUT2D eigenvalue weighted by Crippen LogP contribution is 2.50. The van der Waals surface area contributed by atoms with Crippen molar-refractivity contribution in [1.82, 2.24) is 30.3 Å². The smallest absolute Gasteiger partial charge is 0.270 e. The second kappa shape index (κ2) is 8.46. The Kier molecular flexibility index (Phi) is 5.47. The summed E-state index contributed by atoms with van der Waals surface area (Å²) in [6.45, 7) is 3.89. The average Bonchev–Trinajstić information content (AvgIpc) is 3.72. The van der Waals surface area contributed by atoms with E-state index < -0.39 is 6.04 Å². The van der Waals surface area contributed by atoms with Crippen molar-refractivity contribution in [3.63, 3.8) is 0 Å². The number of pyridine rings is 1. The number of carbonyl (C=O) groups excluding carboxylic acids is 2. The lowest BCUT2D eigenvalue weighted by molar-refractivity contribution is -0.119. The van der Waals surface area contributed by atoms with Crippen LogP contribution < -0.4 is 10.6 Å². The van der Waals surface area contributed by atoms with E-state index in [9.17, 15) is 9.59 Å². The second-order valence-corrected chi connectivity index (χ2v) is 9.27. The van der Waals surface area contributed by atoms with E-state index in [2.05, 4.69) is 30.9 Å². The number of aromatic nitrogens is 5. The van der Waals surface area contributed by atoms with E-state index in [1.807, 2.05) is 26.0 Å². The normalized spacial score (nSPS) is 16.6. The van der Waals surface area contributed by atoms with E-state index >= 15 is 0 Å². The lowest BCUT2D eigenvalue weighted by Gasteiger charge is -2.27. The third-order valence-electron chi connectivity index (χ3n) is 6.76. The van der Waals surface area contributed by atoms with Gasteiger partial charge >= 0.3 is 0 Å². The maximum Gasteiger partial charge on any atom is 0.270 e. The van der Waals surface area contributed by atoms with Crippen LogP contribution in [0.3, 0.4) is 0 Å². The zero-order chi connectivity index (χ0) is 23.1. The number of amides is 2. The summed E-state index contributed by atoms with van der Waals surface area (Å²) in [6.07, 6.45) is 7.71. The zero-order valence-electron chi connectivity index (χ0n) is 19.1. The number of aromatic amines is 1. The maximum absolute atomic E-state index is 13.4. The first kappa shape index (κ1) is 21.4. The predicted octanol–water partition coefficient (Wildman–Crippen LogP) is 3.00. The Bertz CT molecular complexity index is 1140. The van der Waals surface area contributed by atoms with E-state index in [0.717, 1.165) is 48.3 Å². The van der Waals surface area contributed by atoms with Gasteiger partial charge in [-0.1, -0.05) is 0 Å². The molecule has 0 bridgehead atoms. The van der Waals surface area contributed by atoms with Gasteiger partial charge in [-0.05, 0) is 75.5 Å². The van der Waals surface area contributed by atoms with Crippen molar-refractivity contribution in [1.29, 1.82) is 0 Å². The number of rotatable bonds is 8. The number of aryl methyl sites for hydroxylation is 3. The molecule has 172 valence electrons. The molecule has 5 rings (SSSR count). The highest BCUT2D eigenvalue weighted by Gasteiger charge is 2.48. The standard InChI is InChI=1S/C24H29N7O2/c1-13-20(14(2)30-29-13)18-9-8-17(12-25-18)27-24(33)22(21(15-4-5-15)16-6-7-16)28-23(32)19-10-11-26-31(19)3/h8-12,15-16,21-22H,4-7H2,1-3H3,(H,27,33)(H,28,32)(H,29,30)/t22-/m0/s1. The number of anilines is 1. The molecule has 9 nitrogen and oxygen atoms in total. The van der Waals surface area contributed by atoms with Gasteiger partial charge in [0.15, 0.2) is 0 Å². The Morgan fingerprint density at radius 2 is 1.85 bits per heavy atom. The van der Waals surface area contributed by atoms with E-state index in [1.54, 1.807) is 25.5 Å². The van der Waals surface area contributed by atoms with Crippen LogP contribution in [0.5, 0.6) is 0 Å². The molecule has 0 unspecified atom stereocenters. The number of nitrogens with zero attached hydrogens (tertiary/aromatic N) is 4. The summed E-state index contributed by atoms with van der Waals surface area (Å²) in [5.74, 6) is 0.672. The van der Waals surface area contributed by atoms with Crippen molar-refractivity contribution in [2.24, 2.45) is 24.8 Å². The lowest BCUT2D eigenvalue weighted by atomic mass is 9.88. The van der Waals surface area contributed by atoms with Crippen molar-refractivity contribution in [2.75, 3.05) is 5.32 Å². The van der Waals surface area contributed by atoms with Crippen LogP contribution in [0.1, 0.15) is 47.6 Å². The van der Waals surface area contributed by atoms with Gasteiger partial charge in [-0.25, -0.2) is 0 Å². The van der Waals surface area contributed by atoms with Crippen molar-refractivity contribution in [3.8, 4) is 11.3 Å². The van der Waals surface area contributed by atoms with E-state index in [4.69, 9.17) is 0 Å². The number of carbonyl (C=O) groups is 2. The number of hydrogen-bond donors (Lipinski definition) is 3. The summed E-state index contributed by atoms with van der Waals surface area (Å²) in [4.78, 5) is 30.9. The molecule has 3 heterocycles. The molecule has 33 heavy (non-hydrogen) atoms. The second-order valence-electron chi connectivity index (χ2n) is 9.27.